The van der Waals surface area contributed by atoms with E-state index in [9.17, 15) is 9.59 Å². The molecule has 1 aromatic heterocycles. The monoisotopic (exact) mass is 330 g/mol. The summed E-state index contributed by atoms with van der Waals surface area (Å²) in [7, 11) is 0. The standard InChI is InChI=1S/C16H18N4O2S/c17-15(22)13-7-4-8-20(13)14(21)9-18-16-19-12(10-23-16)11-5-2-1-3-6-11/h1-3,5-6,10,13H,4,7-9H2,(H2,17,22)(H,18,19). The molecule has 7 heteroatoms. The minimum absolute atomic E-state index is 0.117. The fourth-order valence-electron chi connectivity index (χ4n) is 2.71. The molecule has 1 unspecified atom stereocenters. The minimum atomic E-state index is -0.472. The summed E-state index contributed by atoms with van der Waals surface area (Å²) < 4.78 is 0. The predicted molar refractivity (Wildman–Crippen MR) is 90.0 cm³/mol. The molecule has 0 saturated carbocycles. The Balaban J connectivity index is 1.60. The van der Waals surface area contributed by atoms with E-state index in [1.54, 1.807) is 4.90 Å². The van der Waals surface area contributed by atoms with Crippen LogP contribution in [0.5, 0.6) is 0 Å². The first kappa shape index (κ1) is 15.5. The van der Waals surface area contributed by atoms with Crippen LogP contribution in [0.4, 0.5) is 5.13 Å². The lowest BCUT2D eigenvalue weighted by Crippen LogP contribution is -2.45. The molecule has 3 rings (SSSR count). The van der Waals surface area contributed by atoms with E-state index < -0.39 is 11.9 Å². The molecule has 120 valence electrons. The molecule has 0 bridgehead atoms. The van der Waals surface area contributed by atoms with Crippen molar-refractivity contribution < 1.29 is 9.59 Å². The molecule has 0 spiro atoms. The number of carbonyl (C=O) groups excluding carboxylic acids is 2. The third-order valence-corrected chi connectivity index (χ3v) is 4.67. The van der Waals surface area contributed by atoms with Gasteiger partial charge in [0.2, 0.25) is 11.8 Å². The van der Waals surface area contributed by atoms with Gasteiger partial charge in [-0.25, -0.2) is 4.98 Å². The van der Waals surface area contributed by atoms with E-state index in [0.29, 0.717) is 18.1 Å². The topological polar surface area (TPSA) is 88.3 Å². The Morgan fingerprint density at radius 1 is 1.35 bits per heavy atom. The zero-order chi connectivity index (χ0) is 16.2. The zero-order valence-corrected chi connectivity index (χ0v) is 13.4. The van der Waals surface area contributed by atoms with Crippen molar-refractivity contribution in [2.75, 3.05) is 18.4 Å². The van der Waals surface area contributed by atoms with Crippen molar-refractivity contribution in [2.45, 2.75) is 18.9 Å². The number of nitrogens with two attached hydrogens (primary N) is 1. The molecular formula is C16H18N4O2S. The van der Waals surface area contributed by atoms with Crippen LogP contribution in [-0.4, -0.2) is 40.8 Å². The number of aromatic nitrogens is 1. The van der Waals surface area contributed by atoms with Gasteiger partial charge in [0.05, 0.1) is 12.2 Å². The number of nitrogens with zero attached hydrogens (tertiary/aromatic N) is 2. The zero-order valence-electron chi connectivity index (χ0n) is 12.6. The first-order valence-electron chi connectivity index (χ1n) is 7.49. The molecule has 1 fully saturated rings. The number of thiazole rings is 1. The smallest absolute Gasteiger partial charge is 0.242 e. The normalized spacial score (nSPS) is 17.2. The highest BCUT2D eigenvalue weighted by Gasteiger charge is 2.32. The van der Waals surface area contributed by atoms with Gasteiger partial charge in [-0.05, 0) is 12.8 Å². The van der Waals surface area contributed by atoms with E-state index in [0.717, 1.165) is 17.7 Å². The van der Waals surface area contributed by atoms with Crippen molar-refractivity contribution in [3.8, 4) is 11.3 Å². The predicted octanol–water partition coefficient (Wildman–Crippen LogP) is 1.70. The second-order valence-electron chi connectivity index (χ2n) is 5.41. The highest BCUT2D eigenvalue weighted by molar-refractivity contribution is 7.14. The van der Waals surface area contributed by atoms with Crippen LogP contribution in [-0.2, 0) is 9.59 Å². The average molecular weight is 330 g/mol. The molecule has 1 saturated heterocycles. The van der Waals surface area contributed by atoms with Crippen LogP contribution < -0.4 is 11.1 Å². The Kier molecular flexibility index (Phi) is 4.57. The SMILES string of the molecule is NC(=O)C1CCCN1C(=O)CNc1nc(-c2ccccc2)cs1. The van der Waals surface area contributed by atoms with Gasteiger partial charge in [0.1, 0.15) is 6.04 Å². The molecule has 1 aliphatic heterocycles. The van der Waals surface area contributed by atoms with Crippen LogP contribution >= 0.6 is 11.3 Å². The first-order chi connectivity index (χ1) is 11.1. The summed E-state index contributed by atoms with van der Waals surface area (Å²) in [5.74, 6) is -0.556. The molecule has 2 heterocycles. The average Bonchev–Trinajstić information content (AvgIpc) is 3.23. The maximum absolute atomic E-state index is 12.2. The first-order valence-corrected chi connectivity index (χ1v) is 8.37. The van der Waals surface area contributed by atoms with Gasteiger partial charge in [-0.15, -0.1) is 11.3 Å². The van der Waals surface area contributed by atoms with Crippen molar-refractivity contribution in [2.24, 2.45) is 5.73 Å². The van der Waals surface area contributed by atoms with Crippen molar-refractivity contribution in [3.05, 3.63) is 35.7 Å². The van der Waals surface area contributed by atoms with Crippen molar-refractivity contribution in [3.63, 3.8) is 0 Å². The van der Waals surface area contributed by atoms with E-state index in [1.807, 2.05) is 35.7 Å². The molecule has 1 aliphatic rings. The number of primary amides is 1. The Bertz CT molecular complexity index is 701. The summed E-state index contributed by atoms with van der Waals surface area (Å²) in [6, 6.07) is 9.39. The van der Waals surface area contributed by atoms with Crippen molar-refractivity contribution >= 4 is 28.3 Å². The lowest BCUT2D eigenvalue weighted by molar-refractivity contribution is -0.135. The van der Waals surface area contributed by atoms with Gasteiger partial charge in [-0.2, -0.15) is 0 Å². The molecule has 1 atom stereocenters. The van der Waals surface area contributed by atoms with Crippen LogP contribution in [0, 0.1) is 0 Å². The summed E-state index contributed by atoms with van der Waals surface area (Å²) in [4.78, 5) is 29.6. The number of hydrogen-bond donors (Lipinski definition) is 2. The van der Waals surface area contributed by atoms with E-state index in [4.69, 9.17) is 5.73 Å². The third-order valence-electron chi connectivity index (χ3n) is 3.87. The fraction of sp³-hybridized carbons (Fsp3) is 0.312. The van der Waals surface area contributed by atoms with Gasteiger partial charge in [-0.3, -0.25) is 9.59 Å². The molecular weight excluding hydrogens is 312 g/mol. The molecule has 6 nitrogen and oxygen atoms in total. The lowest BCUT2D eigenvalue weighted by atomic mass is 10.2. The lowest BCUT2D eigenvalue weighted by Gasteiger charge is -2.22. The van der Waals surface area contributed by atoms with E-state index in [2.05, 4.69) is 10.3 Å². The second kappa shape index (κ2) is 6.78. The number of likely N-dealkylation sites (tertiary alicyclic amines) is 1. The van der Waals surface area contributed by atoms with Gasteiger partial charge < -0.3 is 16.0 Å². The Hall–Kier alpha value is -2.41. The highest BCUT2D eigenvalue weighted by Crippen LogP contribution is 2.24. The molecule has 1 aromatic carbocycles. The van der Waals surface area contributed by atoms with Gasteiger partial charge in [0.15, 0.2) is 5.13 Å². The van der Waals surface area contributed by atoms with E-state index >= 15 is 0 Å². The highest BCUT2D eigenvalue weighted by atomic mass is 32.1. The molecule has 23 heavy (non-hydrogen) atoms. The molecule has 2 amide bonds. The Morgan fingerprint density at radius 3 is 2.87 bits per heavy atom. The molecule has 0 aliphatic carbocycles. The number of hydrogen-bond acceptors (Lipinski definition) is 5. The summed E-state index contributed by atoms with van der Waals surface area (Å²) in [6.07, 6.45) is 1.46. The summed E-state index contributed by atoms with van der Waals surface area (Å²) in [5.41, 5.74) is 7.25. The van der Waals surface area contributed by atoms with E-state index in [1.165, 1.54) is 11.3 Å². The Labute approximate surface area is 138 Å². The number of rotatable bonds is 5. The van der Waals surface area contributed by atoms with Crippen LogP contribution in [0.3, 0.4) is 0 Å². The van der Waals surface area contributed by atoms with Crippen LogP contribution in [0.25, 0.3) is 11.3 Å². The Morgan fingerprint density at radius 2 is 2.13 bits per heavy atom. The van der Waals surface area contributed by atoms with Gasteiger partial charge in [-0.1, -0.05) is 30.3 Å². The summed E-state index contributed by atoms with van der Waals surface area (Å²) >= 11 is 1.45. The number of amides is 2. The quantitative estimate of drug-likeness (QED) is 0.873. The summed E-state index contributed by atoms with van der Waals surface area (Å²) in [5, 5.41) is 5.67. The molecule has 0 radical (unpaired) electrons. The maximum Gasteiger partial charge on any atom is 0.242 e. The minimum Gasteiger partial charge on any atom is -0.368 e. The second-order valence-corrected chi connectivity index (χ2v) is 6.26. The van der Waals surface area contributed by atoms with Crippen LogP contribution in [0.2, 0.25) is 0 Å². The van der Waals surface area contributed by atoms with E-state index in [-0.39, 0.29) is 12.5 Å². The third kappa shape index (κ3) is 3.50. The number of carbonyl (C=O) groups is 2. The fourth-order valence-corrected chi connectivity index (χ4v) is 3.43. The van der Waals surface area contributed by atoms with Gasteiger partial charge >= 0.3 is 0 Å². The summed E-state index contributed by atoms with van der Waals surface area (Å²) in [6.45, 7) is 0.701. The van der Waals surface area contributed by atoms with Crippen molar-refractivity contribution in [1.29, 1.82) is 0 Å². The number of nitrogens with one attached hydrogen (secondary N) is 1. The van der Waals surface area contributed by atoms with Gasteiger partial charge in [0, 0.05) is 17.5 Å². The molecule has 2 aromatic rings. The number of anilines is 1. The van der Waals surface area contributed by atoms with Crippen LogP contribution in [0.15, 0.2) is 35.7 Å². The number of benzene rings is 1. The van der Waals surface area contributed by atoms with Crippen molar-refractivity contribution in [1.82, 2.24) is 9.88 Å². The van der Waals surface area contributed by atoms with Gasteiger partial charge in [0.25, 0.3) is 0 Å². The largest absolute Gasteiger partial charge is 0.368 e. The maximum atomic E-state index is 12.2. The van der Waals surface area contributed by atoms with Crippen LogP contribution in [0.1, 0.15) is 12.8 Å². The molecule has 3 N–H and O–H groups in total.